The van der Waals surface area contributed by atoms with E-state index in [2.05, 4.69) is 46.6 Å². The Hall–Kier alpha value is -2.16. The second kappa shape index (κ2) is 7.21. The van der Waals surface area contributed by atoms with Crippen LogP contribution < -0.4 is 15.0 Å². The van der Waals surface area contributed by atoms with Gasteiger partial charge in [-0.05, 0) is 61.7 Å². The van der Waals surface area contributed by atoms with Gasteiger partial charge in [0.25, 0.3) is 0 Å². The van der Waals surface area contributed by atoms with E-state index in [1.807, 2.05) is 19.1 Å². The molecule has 0 unspecified atom stereocenters. The molecule has 1 heterocycles. The van der Waals surface area contributed by atoms with Crippen LogP contribution in [0.3, 0.4) is 0 Å². The molecular formula is C19H24N2O. The summed E-state index contributed by atoms with van der Waals surface area (Å²) < 4.78 is 5.54. The Labute approximate surface area is 132 Å². The molecule has 0 spiro atoms. The molecule has 3 heteroatoms. The Bertz CT molecular complexity index is 589. The predicted octanol–water partition coefficient (Wildman–Crippen LogP) is 4.30. The lowest BCUT2D eigenvalue weighted by Gasteiger charge is -2.18. The SMILES string of the molecule is CCOc1cccc(CNc2ccc(N3CCCC3)cc2)c1. The third-order valence-corrected chi connectivity index (χ3v) is 4.04. The molecule has 0 aromatic heterocycles. The van der Waals surface area contributed by atoms with Gasteiger partial charge in [0.05, 0.1) is 6.61 Å². The maximum atomic E-state index is 5.54. The van der Waals surface area contributed by atoms with E-state index in [1.165, 1.54) is 37.2 Å². The highest BCUT2D eigenvalue weighted by molar-refractivity contribution is 5.55. The lowest BCUT2D eigenvalue weighted by Crippen LogP contribution is -2.17. The molecule has 0 amide bonds. The number of hydrogen-bond acceptors (Lipinski definition) is 3. The number of nitrogens with one attached hydrogen (secondary N) is 1. The Balaban J connectivity index is 1.58. The number of benzene rings is 2. The molecule has 22 heavy (non-hydrogen) atoms. The van der Waals surface area contributed by atoms with E-state index in [9.17, 15) is 0 Å². The molecule has 0 saturated carbocycles. The van der Waals surface area contributed by atoms with E-state index in [-0.39, 0.29) is 0 Å². The van der Waals surface area contributed by atoms with E-state index in [0.717, 1.165) is 18.0 Å². The first-order valence-electron chi connectivity index (χ1n) is 8.16. The summed E-state index contributed by atoms with van der Waals surface area (Å²) in [5, 5.41) is 3.47. The molecule has 1 aliphatic heterocycles. The monoisotopic (exact) mass is 296 g/mol. The van der Waals surface area contributed by atoms with Crippen molar-refractivity contribution in [2.45, 2.75) is 26.3 Å². The van der Waals surface area contributed by atoms with Crippen LogP contribution in [0, 0.1) is 0 Å². The third-order valence-electron chi connectivity index (χ3n) is 4.04. The fraction of sp³-hybridized carbons (Fsp3) is 0.368. The highest BCUT2D eigenvalue weighted by atomic mass is 16.5. The molecule has 2 aromatic rings. The zero-order valence-corrected chi connectivity index (χ0v) is 13.2. The summed E-state index contributed by atoms with van der Waals surface area (Å²) in [6, 6.07) is 17.0. The summed E-state index contributed by atoms with van der Waals surface area (Å²) in [7, 11) is 0. The minimum Gasteiger partial charge on any atom is -0.494 e. The molecule has 1 N–H and O–H groups in total. The fourth-order valence-corrected chi connectivity index (χ4v) is 2.88. The normalized spacial score (nSPS) is 14.1. The highest BCUT2D eigenvalue weighted by Crippen LogP contribution is 2.22. The lowest BCUT2D eigenvalue weighted by atomic mass is 10.2. The summed E-state index contributed by atoms with van der Waals surface area (Å²) in [5.74, 6) is 0.936. The summed E-state index contributed by atoms with van der Waals surface area (Å²) in [6.07, 6.45) is 2.63. The van der Waals surface area contributed by atoms with Crippen molar-refractivity contribution in [3.8, 4) is 5.75 Å². The number of nitrogens with zero attached hydrogens (tertiary/aromatic N) is 1. The predicted molar refractivity (Wildman–Crippen MR) is 92.8 cm³/mol. The van der Waals surface area contributed by atoms with Crippen molar-refractivity contribution in [3.05, 3.63) is 54.1 Å². The number of rotatable bonds is 6. The smallest absolute Gasteiger partial charge is 0.119 e. The topological polar surface area (TPSA) is 24.5 Å². The van der Waals surface area contributed by atoms with Gasteiger partial charge < -0.3 is 15.0 Å². The number of hydrogen-bond donors (Lipinski definition) is 1. The van der Waals surface area contributed by atoms with Crippen LogP contribution in [0.4, 0.5) is 11.4 Å². The van der Waals surface area contributed by atoms with Gasteiger partial charge in [0.15, 0.2) is 0 Å². The molecule has 1 aliphatic rings. The van der Waals surface area contributed by atoms with E-state index in [0.29, 0.717) is 6.61 Å². The summed E-state index contributed by atoms with van der Waals surface area (Å²) in [6.45, 7) is 5.90. The van der Waals surface area contributed by atoms with Gasteiger partial charge in [0, 0.05) is 31.0 Å². The lowest BCUT2D eigenvalue weighted by molar-refractivity contribution is 0.340. The van der Waals surface area contributed by atoms with Gasteiger partial charge in [-0.25, -0.2) is 0 Å². The largest absolute Gasteiger partial charge is 0.494 e. The van der Waals surface area contributed by atoms with E-state index >= 15 is 0 Å². The van der Waals surface area contributed by atoms with Crippen molar-refractivity contribution >= 4 is 11.4 Å². The fourth-order valence-electron chi connectivity index (χ4n) is 2.88. The Kier molecular flexibility index (Phi) is 4.84. The van der Waals surface area contributed by atoms with Crippen LogP contribution >= 0.6 is 0 Å². The van der Waals surface area contributed by atoms with Crippen molar-refractivity contribution in [2.24, 2.45) is 0 Å². The van der Waals surface area contributed by atoms with Crippen molar-refractivity contribution < 1.29 is 4.74 Å². The van der Waals surface area contributed by atoms with Crippen LogP contribution in [-0.2, 0) is 6.54 Å². The van der Waals surface area contributed by atoms with Gasteiger partial charge in [-0.1, -0.05) is 12.1 Å². The Morgan fingerprint density at radius 2 is 1.82 bits per heavy atom. The van der Waals surface area contributed by atoms with Crippen LogP contribution in [0.5, 0.6) is 5.75 Å². The molecule has 0 atom stereocenters. The second-order valence-corrected chi connectivity index (χ2v) is 5.67. The van der Waals surface area contributed by atoms with Crippen LogP contribution in [0.25, 0.3) is 0 Å². The molecule has 1 fully saturated rings. The molecule has 0 aliphatic carbocycles. The Morgan fingerprint density at radius 1 is 1.05 bits per heavy atom. The number of anilines is 2. The second-order valence-electron chi connectivity index (χ2n) is 5.67. The average molecular weight is 296 g/mol. The molecule has 0 radical (unpaired) electrons. The molecule has 1 saturated heterocycles. The van der Waals surface area contributed by atoms with Gasteiger partial charge in [-0.15, -0.1) is 0 Å². The molecule has 3 nitrogen and oxygen atoms in total. The average Bonchev–Trinajstić information content (AvgIpc) is 3.09. The van der Waals surface area contributed by atoms with E-state index in [1.54, 1.807) is 0 Å². The quantitative estimate of drug-likeness (QED) is 0.860. The zero-order valence-electron chi connectivity index (χ0n) is 13.2. The molecule has 116 valence electrons. The summed E-state index contributed by atoms with van der Waals surface area (Å²) >= 11 is 0. The third kappa shape index (κ3) is 3.73. The molecule has 3 rings (SSSR count). The van der Waals surface area contributed by atoms with Crippen LogP contribution in [-0.4, -0.2) is 19.7 Å². The van der Waals surface area contributed by atoms with Gasteiger partial charge in [-0.2, -0.15) is 0 Å². The first-order valence-corrected chi connectivity index (χ1v) is 8.16. The minimum atomic E-state index is 0.703. The highest BCUT2D eigenvalue weighted by Gasteiger charge is 2.11. The van der Waals surface area contributed by atoms with Crippen molar-refractivity contribution in [1.29, 1.82) is 0 Å². The van der Waals surface area contributed by atoms with Crippen molar-refractivity contribution in [1.82, 2.24) is 0 Å². The molecule has 0 bridgehead atoms. The van der Waals surface area contributed by atoms with Gasteiger partial charge >= 0.3 is 0 Å². The van der Waals surface area contributed by atoms with Gasteiger partial charge in [-0.3, -0.25) is 0 Å². The first kappa shape index (κ1) is 14.8. The molecule has 2 aromatic carbocycles. The van der Waals surface area contributed by atoms with Gasteiger partial charge in [0.1, 0.15) is 5.75 Å². The van der Waals surface area contributed by atoms with Crippen molar-refractivity contribution in [2.75, 3.05) is 29.9 Å². The maximum absolute atomic E-state index is 5.54. The standard InChI is InChI=1S/C19H24N2O/c1-2-22-19-7-5-6-16(14-19)15-20-17-8-10-18(11-9-17)21-12-3-4-13-21/h5-11,14,20H,2-4,12-13,15H2,1H3. The first-order chi connectivity index (χ1) is 10.8. The Morgan fingerprint density at radius 3 is 2.55 bits per heavy atom. The van der Waals surface area contributed by atoms with Crippen LogP contribution in [0.1, 0.15) is 25.3 Å². The summed E-state index contributed by atoms with van der Waals surface area (Å²) in [5.41, 5.74) is 3.72. The summed E-state index contributed by atoms with van der Waals surface area (Å²) in [4.78, 5) is 2.45. The zero-order chi connectivity index (χ0) is 15.2. The van der Waals surface area contributed by atoms with E-state index < -0.39 is 0 Å². The maximum Gasteiger partial charge on any atom is 0.119 e. The van der Waals surface area contributed by atoms with Crippen molar-refractivity contribution in [3.63, 3.8) is 0 Å². The van der Waals surface area contributed by atoms with Crippen LogP contribution in [0.15, 0.2) is 48.5 Å². The molecular weight excluding hydrogens is 272 g/mol. The van der Waals surface area contributed by atoms with Gasteiger partial charge in [0.2, 0.25) is 0 Å². The van der Waals surface area contributed by atoms with Crippen LogP contribution in [0.2, 0.25) is 0 Å². The number of ether oxygens (including phenoxy) is 1. The minimum absolute atomic E-state index is 0.703. The van der Waals surface area contributed by atoms with E-state index in [4.69, 9.17) is 4.74 Å².